The van der Waals surface area contributed by atoms with Crippen molar-refractivity contribution in [1.29, 1.82) is 0 Å². The van der Waals surface area contributed by atoms with E-state index in [9.17, 15) is 23.2 Å². The van der Waals surface area contributed by atoms with Gasteiger partial charge in [-0.3, -0.25) is 14.5 Å². The van der Waals surface area contributed by atoms with Crippen molar-refractivity contribution in [3.8, 4) is 0 Å². The first-order valence-electron chi connectivity index (χ1n) is 8.87. The van der Waals surface area contributed by atoms with E-state index in [1.54, 1.807) is 11.8 Å². The summed E-state index contributed by atoms with van der Waals surface area (Å²) in [6, 6.07) is 2.90. The van der Waals surface area contributed by atoms with Gasteiger partial charge in [-0.05, 0) is 36.5 Å². The summed E-state index contributed by atoms with van der Waals surface area (Å²) in [6.45, 7) is 0.398. The van der Waals surface area contributed by atoms with Crippen molar-refractivity contribution >= 4 is 35.3 Å². The Bertz CT molecular complexity index is 813. The molecule has 4 rings (SSSR count). The van der Waals surface area contributed by atoms with Crippen LogP contribution < -0.4 is 10.2 Å². The molecule has 1 atom stereocenters. The number of nitrogens with zero attached hydrogens (tertiary/aromatic N) is 2. The summed E-state index contributed by atoms with van der Waals surface area (Å²) in [5.74, 6) is -1.04. The monoisotopic (exact) mass is 395 g/mol. The number of carbonyl (C=O) groups excluding carboxylic acids is 3. The van der Waals surface area contributed by atoms with Crippen molar-refractivity contribution in [3.63, 3.8) is 0 Å². The Morgan fingerprint density at radius 1 is 1.15 bits per heavy atom. The number of amides is 4. The maximum atomic E-state index is 13.5. The van der Waals surface area contributed by atoms with Crippen LogP contribution in [0.1, 0.15) is 19.3 Å². The average molecular weight is 395 g/mol. The lowest BCUT2D eigenvalue weighted by atomic mass is 9.92. The minimum Gasteiger partial charge on any atom is -0.323 e. The van der Waals surface area contributed by atoms with Crippen molar-refractivity contribution in [2.24, 2.45) is 5.92 Å². The summed E-state index contributed by atoms with van der Waals surface area (Å²) < 4.78 is 26.6. The van der Waals surface area contributed by atoms with Gasteiger partial charge in [-0.15, -0.1) is 0 Å². The van der Waals surface area contributed by atoms with E-state index in [2.05, 4.69) is 5.32 Å². The summed E-state index contributed by atoms with van der Waals surface area (Å²) in [7, 11) is 0. The second-order valence-electron chi connectivity index (χ2n) is 7.21. The van der Waals surface area contributed by atoms with Gasteiger partial charge in [0.2, 0.25) is 5.91 Å². The fourth-order valence-electron chi connectivity index (χ4n) is 3.97. The van der Waals surface area contributed by atoms with Crippen LogP contribution in [-0.2, 0) is 9.59 Å². The minimum atomic E-state index is -1.02. The van der Waals surface area contributed by atoms with E-state index in [0.717, 1.165) is 23.6 Å². The Labute approximate surface area is 159 Å². The van der Waals surface area contributed by atoms with E-state index < -0.39 is 23.2 Å². The van der Waals surface area contributed by atoms with E-state index in [1.807, 2.05) is 0 Å². The molecule has 1 spiro atoms. The zero-order valence-electron chi connectivity index (χ0n) is 14.5. The molecule has 1 unspecified atom stereocenters. The first-order valence-corrected chi connectivity index (χ1v) is 10.0. The smallest absolute Gasteiger partial charge is 0.323 e. The van der Waals surface area contributed by atoms with E-state index in [0.29, 0.717) is 12.8 Å². The highest BCUT2D eigenvalue weighted by atomic mass is 32.2. The molecule has 1 aromatic rings. The number of rotatable bonds is 3. The van der Waals surface area contributed by atoms with Gasteiger partial charge in [0.15, 0.2) is 11.6 Å². The van der Waals surface area contributed by atoms with E-state index in [4.69, 9.17) is 0 Å². The molecular formula is C18H19F2N3O3S. The summed E-state index contributed by atoms with van der Waals surface area (Å²) in [5.41, 5.74) is -0.524. The lowest BCUT2D eigenvalue weighted by Crippen LogP contribution is -2.49. The molecule has 3 saturated heterocycles. The highest BCUT2D eigenvalue weighted by Crippen LogP contribution is 2.34. The third-order valence-electron chi connectivity index (χ3n) is 5.45. The third-order valence-corrected chi connectivity index (χ3v) is 6.44. The van der Waals surface area contributed by atoms with Gasteiger partial charge in [-0.25, -0.2) is 13.6 Å². The molecule has 3 fully saturated rings. The highest BCUT2D eigenvalue weighted by molar-refractivity contribution is 7.99. The van der Waals surface area contributed by atoms with Gasteiger partial charge < -0.3 is 10.2 Å². The lowest BCUT2D eigenvalue weighted by Gasteiger charge is -2.30. The Morgan fingerprint density at radius 3 is 2.59 bits per heavy atom. The molecule has 0 saturated carbocycles. The molecular weight excluding hydrogens is 376 g/mol. The predicted octanol–water partition coefficient (Wildman–Crippen LogP) is 2.14. The number of thioether (sulfide) groups is 1. The molecule has 0 aromatic heterocycles. The molecule has 144 valence electrons. The standard InChI is InChI=1S/C18H19F2N3O3S/c19-13-2-1-12(8-14(13)20)22-9-11(7-15(22)24)10-23-16(25)18(21-17(23)26)3-5-27-6-4-18/h1-2,8,11H,3-7,9-10H2,(H,21,26). The maximum absolute atomic E-state index is 13.5. The van der Waals surface area contributed by atoms with Crippen molar-refractivity contribution in [1.82, 2.24) is 10.2 Å². The fraction of sp³-hybridized carbons (Fsp3) is 0.500. The number of halogens is 2. The molecule has 0 bridgehead atoms. The van der Waals surface area contributed by atoms with Gasteiger partial charge in [0, 0.05) is 37.2 Å². The van der Waals surface area contributed by atoms with Gasteiger partial charge in [-0.1, -0.05) is 0 Å². The van der Waals surface area contributed by atoms with Crippen LogP contribution in [0.5, 0.6) is 0 Å². The van der Waals surface area contributed by atoms with Gasteiger partial charge in [0.25, 0.3) is 5.91 Å². The Hall–Kier alpha value is -2.16. The van der Waals surface area contributed by atoms with Crippen LogP contribution in [0.4, 0.5) is 19.3 Å². The number of hydrogen-bond donors (Lipinski definition) is 1. The number of hydrogen-bond acceptors (Lipinski definition) is 4. The van der Waals surface area contributed by atoms with Gasteiger partial charge in [0.1, 0.15) is 5.54 Å². The summed E-state index contributed by atoms with van der Waals surface area (Å²) in [5, 5.41) is 2.85. The summed E-state index contributed by atoms with van der Waals surface area (Å²) in [4.78, 5) is 40.1. The molecule has 0 aliphatic carbocycles. The molecule has 1 aromatic carbocycles. The Morgan fingerprint density at radius 2 is 1.89 bits per heavy atom. The third kappa shape index (κ3) is 3.18. The van der Waals surface area contributed by atoms with Crippen molar-refractivity contribution in [2.45, 2.75) is 24.8 Å². The Balaban J connectivity index is 1.46. The average Bonchev–Trinajstić information content (AvgIpc) is 3.11. The number of carbonyl (C=O) groups is 3. The first kappa shape index (κ1) is 18.2. The van der Waals surface area contributed by atoms with E-state index >= 15 is 0 Å². The molecule has 0 radical (unpaired) electrons. The second kappa shape index (κ2) is 6.78. The normalized spacial score (nSPS) is 24.8. The van der Waals surface area contributed by atoms with Crippen molar-refractivity contribution in [3.05, 3.63) is 29.8 Å². The molecule has 3 heterocycles. The number of imide groups is 1. The maximum Gasteiger partial charge on any atom is 0.325 e. The van der Waals surface area contributed by atoms with E-state index in [1.165, 1.54) is 15.9 Å². The number of nitrogens with one attached hydrogen (secondary N) is 1. The van der Waals surface area contributed by atoms with Crippen LogP contribution in [0.3, 0.4) is 0 Å². The quantitative estimate of drug-likeness (QED) is 0.797. The molecule has 27 heavy (non-hydrogen) atoms. The largest absolute Gasteiger partial charge is 0.325 e. The first-order chi connectivity index (χ1) is 12.9. The second-order valence-corrected chi connectivity index (χ2v) is 8.44. The number of urea groups is 1. The highest BCUT2D eigenvalue weighted by Gasteiger charge is 2.52. The summed E-state index contributed by atoms with van der Waals surface area (Å²) >= 11 is 1.76. The van der Waals surface area contributed by atoms with Crippen molar-refractivity contribution in [2.75, 3.05) is 29.5 Å². The number of benzene rings is 1. The van der Waals surface area contributed by atoms with Crippen LogP contribution in [-0.4, -0.2) is 52.9 Å². The predicted molar refractivity (Wildman–Crippen MR) is 96.4 cm³/mol. The van der Waals surface area contributed by atoms with Gasteiger partial charge in [0.05, 0.1) is 0 Å². The lowest BCUT2D eigenvalue weighted by molar-refractivity contribution is -0.132. The van der Waals surface area contributed by atoms with Crippen molar-refractivity contribution < 1.29 is 23.2 Å². The van der Waals surface area contributed by atoms with Crippen LogP contribution in [0, 0.1) is 17.6 Å². The van der Waals surface area contributed by atoms with Crippen LogP contribution in [0.15, 0.2) is 18.2 Å². The Kier molecular flexibility index (Phi) is 4.57. The SMILES string of the molecule is O=C1NC2(CCSCC2)C(=O)N1CC1CC(=O)N(c2ccc(F)c(F)c2)C1. The molecule has 6 nitrogen and oxygen atoms in total. The molecule has 4 amide bonds. The van der Waals surface area contributed by atoms with Gasteiger partial charge >= 0.3 is 6.03 Å². The zero-order valence-corrected chi connectivity index (χ0v) is 15.4. The molecule has 3 aliphatic rings. The molecule has 9 heteroatoms. The minimum absolute atomic E-state index is 0.144. The molecule has 3 aliphatic heterocycles. The molecule has 1 N–H and O–H groups in total. The topological polar surface area (TPSA) is 69.7 Å². The van der Waals surface area contributed by atoms with Crippen LogP contribution >= 0.6 is 11.8 Å². The summed E-state index contributed by atoms with van der Waals surface area (Å²) in [6.07, 6.45) is 1.38. The van der Waals surface area contributed by atoms with Gasteiger partial charge in [-0.2, -0.15) is 11.8 Å². The van der Waals surface area contributed by atoms with Crippen LogP contribution in [0.2, 0.25) is 0 Å². The zero-order chi connectivity index (χ0) is 19.2. The van der Waals surface area contributed by atoms with Crippen LogP contribution in [0.25, 0.3) is 0 Å². The fourth-order valence-corrected chi connectivity index (χ4v) is 5.16. The van der Waals surface area contributed by atoms with E-state index in [-0.39, 0.29) is 42.9 Å². The number of anilines is 1.